The minimum absolute atomic E-state index is 0.242. The van der Waals surface area contributed by atoms with Gasteiger partial charge in [0.1, 0.15) is 11.8 Å². The number of nitrogens with one attached hydrogen (secondary N) is 2. The molecule has 1 aromatic heterocycles. The minimum atomic E-state index is -0.459. The summed E-state index contributed by atoms with van der Waals surface area (Å²) in [4.78, 5) is 27.6. The van der Waals surface area contributed by atoms with Gasteiger partial charge < -0.3 is 9.30 Å². The van der Waals surface area contributed by atoms with Crippen molar-refractivity contribution in [1.82, 2.24) is 20.4 Å². The summed E-state index contributed by atoms with van der Waals surface area (Å²) >= 11 is 5.89. The molecule has 0 aliphatic rings. The Hall–Kier alpha value is -2.54. The fourth-order valence-corrected chi connectivity index (χ4v) is 2.35. The number of carbonyl (C=O) groups is 2. The van der Waals surface area contributed by atoms with Gasteiger partial charge in [0.15, 0.2) is 0 Å². The van der Waals surface area contributed by atoms with Gasteiger partial charge in [0.2, 0.25) is 5.91 Å². The number of rotatable bonds is 7. The van der Waals surface area contributed by atoms with Crippen LogP contribution in [0.15, 0.2) is 36.9 Å². The Bertz CT molecular complexity index is 719. The van der Waals surface area contributed by atoms with Crippen LogP contribution in [0.1, 0.15) is 31.4 Å². The average Bonchev–Trinajstić information content (AvgIpc) is 3.12. The van der Waals surface area contributed by atoms with Crippen LogP contribution < -0.4 is 15.6 Å². The van der Waals surface area contributed by atoms with Crippen LogP contribution in [0, 0.1) is 6.92 Å². The maximum absolute atomic E-state index is 11.9. The molecule has 2 N–H and O–H groups in total. The second kappa shape index (κ2) is 9.08. The molecule has 0 unspecified atom stereocenters. The summed E-state index contributed by atoms with van der Waals surface area (Å²) in [6.45, 7) is 4.02. The molecule has 0 saturated heterocycles. The summed E-state index contributed by atoms with van der Waals surface area (Å²) < 4.78 is 7.26. The molecule has 0 fully saturated rings. The topological polar surface area (TPSA) is 85.3 Å². The van der Waals surface area contributed by atoms with Gasteiger partial charge in [-0.15, -0.1) is 0 Å². The fourth-order valence-electron chi connectivity index (χ4n) is 2.12. The maximum atomic E-state index is 11.9. The van der Waals surface area contributed by atoms with Crippen molar-refractivity contribution in [1.29, 1.82) is 0 Å². The first-order chi connectivity index (χ1) is 12.0. The molecule has 7 nitrogen and oxygen atoms in total. The van der Waals surface area contributed by atoms with Gasteiger partial charge in [0.05, 0.1) is 12.9 Å². The van der Waals surface area contributed by atoms with Gasteiger partial charge in [0.25, 0.3) is 5.91 Å². The number of benzene rings is 1. The first kappa shape index (κ1) is 18.8. The molecule has 2 amide bonds. The molecular weight excluding hydrogens is 344 g/mol. The molecule has 0 saturated carbocycles. The molecule has 1 aromatic carbocycles. The normalized spacial score (nSPS) is 11.6. The third-order valence-electron chi connectivity index (χ3n) is 3.62. The number of hydrogen-bond acceptors (Lipinski definition) is 4. The van der Waals surface area contributed by atoms with Crippen molar-refractivity contribution in [3.05, 3.63) is 47.5 Å². The highest BCUT2D eigenvalue weighted by molar-refractivity contribution is 6.30. The van der Waals surface area contributed by atoms with E-state index in [1.54, 1.807) is 42.3 Å². The number of halogens is 1. The van der Waals surface area contributed by atoms with E-state index in [-0.39, 0.29) is 18.2 Å². The summed E-state index contributed by atoms with van der Waals surface area (Å²) in [5.74, 6) is 0.147. The molecule has 0 aliphatic heterocycles. The van der Waals surface area contributed by atoms with Crippen LogP contribution in [-0.4, -0.2) is 28.0 Å². The number of hydrogen-bond donors (Lipinski definition) is 2. The van der Waals surface area contributed by atoms with E-state index in [0.717, 1.165) is 11.3 Å². The van der Waals surface area contributed by atoms with Gasteiger partial charge in [-0.05, 0) is 44.0 Å². The highest BCUT2D eigenvalue weighted by Gasteiger charge is 2.14. The zero-order chi connectivity index (χ0) is 18.2. The number of aryl methyl sites for hydroxylation is 1. The van der Waals surface area contributed by atoms with Crippen molar-refractivity contribution < 1.29 is 14.3 Å². The van der Waals surface area contributed by atoms with Crippen LogP contribution >= 0.6 is 11.6 Å². The Morgan fingerprint density at radius 1 is 1.36 bits per heavy atom. The van der Waals surface area contributed by atoms with Crippen LogP contribution in [0.25, 0.3) is 0 Å². The van der Waals surface area contributed by atoms with Crippen LogP contribution in [0.2, 0.25) is 5.02 Å². The molecule has 0 spiro atoms. The molecule has 1 atom stereocenters. The second-order valence-electron chi connectivity index (χ2n) is 5.59. The van der Waals surface area contributed by atoms with Gasteiger partial charge in [-0.2, -0.15) is 0 Å². The summed E-state index contributed by atoms with van der Waals surface area (Å²) in [7, 11) is 0. The SMILES string of the molecule is Cc1cc(Cl)ccc1OCCCC(=O)NNC(=O)[C@H](C)n1ccnc1. The summed E-state index contributed by atoms with van der Waals surface area (Å²) in [6, 6.07) is 4.92. The zero-order valence-electron chi connectivity index (χ0n) is 14.2. The largest absolute Gasteiger partial charge is 0.493 e. The third-order valence-corrected chi connectivity index (χ3v) is 3.85. The molecule has 1 heterocycles. The Kier molecular flexibility index (Phi) is 6.82. The molecule has 25 heavy (non-hydrogen) atoms. The van der Waals surface area contributed by atoms with E-state index in [1.807, 2.05) is 13.0 Å². The van der Waals surface area contributed by atoms with E-state index in [0.29, 0.717) is 18.1 Å². The van der Waals surface area contributed by atoms with Gasteiger partial charge >= 0.3 is 0 Å². The van der Waals surface area contributed by atoms with Crippen LogP contribution in [0.3, 0.4) is 0 Å². The van der Waals surface area contributed by atoms with E-state index in [9.17, 15) is 9.59 Å². The third kappa shape index (κ3) is 5.79. The van der Waals surface area contributed by atoms with Gasteiger partial charge in [0, 0.05) is 23.8 Å². The van der Waals surface area contributed by atoms with Gasteiger partial charge in [-0.3, -0.25) is 20.4 Å². The quantitative estimate of drug-likeness (QED) is 0.583. The highest BCUT2D eigenvalue weighted by Crippen LogP contribution is 2.21. The minimum Gasteiger partial charge on any atom is -0.493 e. The van der Waals surface area contributed by atoms with Crippen LogP contribution in [-0.2, 0) is 9.59 Å². The molecule has 0 radical (unpaired) electrons. The lowest BCUT2D eigenvalue weighted by Gasteiger charge is -2.14. The van der Waals surface area contributed by atoms with Crippen molar-refractivity contribution in [2.24, 2.45) is 0 Å². The number of aromatic nitrogens is 2. The smallest absolute Gasteiger partial charge is 0.261 e. The highest BCUT2D eigenvalue weighted by atomic mass is 35.5. The number of ether oxygens (including phenoxy) is 1. The molecule has 0 aliphatic carbocycles. The van der Waals surface area contributed by atoms with Crippen molar-refractivity contribution in [3.63, 3.8) is 0 Å². The molecule has 2 aromatic rings. The van der Waals surface area contributed by atoms with E-state index >= 15 is 0 Å². The lowest BCUT2D eigenvalue weighted by atomic mass is 10.2. The lowest BCUT2D eigenvalue weighted by Crippen LogP contribution is -2.44. The van der Waals surface area contributed by atoms with E-state index in [4.69, 9.17) is 16.3 Å². The van der Waals surface area contributed by atoms with Gasteiger partial charge in [-0.25, -0.2) is 4.98 Å². The molecule has 2 rings (SSSR count). The fraction of sp³-hybridized carbons (Fsp3) is 0.353. The van der Waals surface area contributed by atoms with Crippen molar-refractivity contribution >= 4 is 23.4 Å². The summed E-state index contributed by atoms with van der Waals surface area (Å²) in [5, 5.41) is 0.657. The molecule has 134 valence electrons. The average molecular weight is 365 g/mol. The summed E-state index contributed by atoms with van der Waals surface area (Å²) in [6.07, 6.45) is 5.59. The molecular formula is C17H21ClN4O3. The Morgan fingerprint density at radius 3 is 2.84 bits per heavy atom. The van der Waals surface area contributed by atoms with Crippen molar-refractivity contribution in [2.45, 2.75) is 32.7 Å². The molecule has 8 heteroatoms. The Morgan fingerprint density at radius 2 is 2.16 bits per heavy atom. The van der Waals surface area contributed by atoms with Crippen LogP contribution in [0.4, 0.5) is 0 Å². The Labute approximate surface area is 151 Å². The van der Waals surface area contributed by atoms with Crippen molar-refractivity contribution in [2.75, 3.05) is 6.61 Å². The van der Waals surface area contributed by atoms with Crippen molar-refractivity contribution in [3.8, 4) is 5.75 Å². The number of imidazole rings is 1. The van der Waals surface area contributed by atoms with E-state index in [2.05, 4.69) is 15.8 Å². The van der Waals surface area contributed by atoms with E-state index in [1.165, 1.54) is 0 Å². The van der Waals surface area contributed by atoms with Gasteiger partial charge in [-0.1, -0.05) is 11.6 Å². The number of hydrazine groups is 1. The monoisotopic (exact) mass is 364 g/mol. The predicted octanol–water partition coefficient (Wildman–Crippen LogP) is 2.41. The molecule has 0 bridgehead atoms. The van der Waals surface area contributed by atoms with E-state index < -0.39 is 6.04 Å². The number of amides is 2. The summed E-state index contributed by atoms with van der Waals surface area (Å²) in [5.41, 5.74) is 5.74. The first-order valence-corrected chi connectivity index (χ1v) is 8.30. The zero-order valence-corrected chi connectivity index (χ0v) is 14.9. The van der Waals surface area contributed by atoms with Crippen LogP contribution in [0.5, 0.6) is 5.75 Å². The number of nitrogens with zero attached hydrogens (tertiary/aromatic N) is 2. The Balaban J connectivity index is 1.64. The maximum Gasteiger partial charge on any atom is 0.261 e. The standard InChI is InChI=1S/C17H21ClN4O3/c1-12-10-14(18)5-6-15(12)25-9-3-4-16(23)20-21-17(24)13(2)22-8-7-19-11-22/h5-8,10-11,13H,3-4,9H2,1-2H3,(H,20,23)(H,21,24)/t13-/m0/s1. The predicted molar refractivity (Wildman–Crippen MR) is 94.1 cm³/mol. The number of carbonyl (C=O) groups excluding carboxylic acids is 2. The lowest BCUT2D eigenvalue weighted by molar-refractivity contribution is -0.130. The first-order valence-electron chi connectivity index (χ1n) is 7.92. The second-order valence-corrected chi connectivity index (χ2v) is 6.02.